The van der Waals surface area contributed by atoms with E-state index in [1.807, 2.05) is 0 Å². The summed E-state index contributed by atoms with van der Waals surface area (Å²) in [4.78, 5) is 26.2. The summed E-state index contributed by atoms with van der Waals surface area (Å²) in [6.45, 7) is 1.65. The van der Waals surface area contributed by atoms with Gasteiger partial charge in [0, 0.05) is 27.0 Å². The van der Waals surface area contributed by atoms with Gasteiger partial charge in [0.25, 0.3) is 5.91 Å². The number of halogens is 5. The lowest BCUT2D eigenvalue weighted by Gasteiger charge is -2.30. The lowest BCUT2D eigenvalue weighted by atomic mass is 9.82. The maximum absolute atomic E-state index is 13.5. The Labute approximate surface area is 248 Å². The molecular formula is C29H21Cl2F3N4O2S. The van der Waals surface area contributed by atoms with Crippen molar-refractivity contribution in [3.05, 3.63) is 116 Å². The average molecular weight is 617 g/mol. The Morgan fingerprint density at radius 3 is 2.32 bits per heavy atom. The van der Waals surface area contributed by atoms with E-state index >= 15 is 0 Å². The number of carbonyl (C=O) groups is 2. The zero-order chi connectivity index (χ0) is 29.7. The fourth-order valence-electron chi connectivity index (χ4n) is 4.24. The molecule has 0 saturated carbocycles. The predicted molar refractivity (Wildman–Crippen MR) is 155 cm³/mol. The van der Waals surface area contributed by atoms with Crippen molar-refractivity contribution in [3.63, 3.8) is 0 Å². The van der Waals surface area contributed by atoms with E-state index in [0.717, 1.165) is 23.9 Å². The minimum Gasteiger partial charge on any atom is -0.353 e. The molecule has 0 unspecified atom stereocenters. The Balaban J connectivity index is 1.63. The van der Waals surface area contributed by atoms with E-state index < -0.39 is 29.5 Å². The number of benzene rings is 3. The number of nitrogens with one attached hydrogen (secondary N) is 3. The summed E-state index contributed by atoms with van der Waals surface area (Å²) in [6.07, 6.45) is -4.65. The number of rotatable bonds is 7. The van der Waals surface area contributed by atoms with Crippen LogP contribution in [0.25, 0.3) is 0 Å². The number of nitrogens with zero attached hydrogens (tertiary/aromatic N) is 1. The second kappa shape index (κ2) is 12.7. The third-order valence-electron chi connectivity index (χ3n) is 6.06. The zero-order valence-electron chi connectivity index (χ0n) is 21.3. The number of hydrogen-bond acceptors (Lipinski definition) is 5. The van der Waals surface area contributed by atoms with Gasteiger partial charge in [0.2, 0.25) is 5.91 Å². The van der Waals surface area contributed by atoms with Gasteiger partial charge in [-0.25, -0.2) is 0 Å². The van der Waals surface area contributed by atoms with E-state index in [2.05, 4.69) is 22.0 Å². The van der Waals surface area contributed by atoms with E-state index in [4.69, 9.17) is 23.2 Å². The van der Waals surface area contributed by atoms with Crippen LogP contribution in [0.15, 0.2) is 94.7 Å². The van der Waals surface area contributed by atoms with Crippen LogP contribution in [0.3, 0.4) is 0 Å². The second-order valence-electron chi connectivity index (χ2n) is 8.81. The highest BCUT2D eigenvalue weighted by molar-refractivity contribution is 8.03. The number of hydrogen-bond donors (Lipinski definition) is 3. The van der Waals surface area contributed by atoms with Crippen LogP contribution in [0, 0.1) is 11.3 Å². The summed E-state index contributed by atoms with van der Waals surface area (Å²) < 4.78 is 40.0. The Kier molecular flexibility index (Phi) is 9.33. The van der Waals surface area contributed by atoms with Gasteiger partial charge in [-0.2, -0.15) is 18.4 Å². The van der Waals surface area contributed by atoms with Crippen molar-refractivity contribution in [1.29, 1.82) is 5.26 Å². The van der Waals surface area contributed by atoms with Gasteiger partial charge in [-0.3, -0.25) is 9.59 Å². The number of alkyl halides is 3. The highest BCUT2D eigenvalue weighted by atomic mass is 35.5. The Morgan fingerprint density at radius 2 is 1.66 bits per heavy atom. The quantitative estimate of drug-likeness (QED) is 0.253. The van der Waals surface area contributed by atoms with E-state index in [0.29, 0.717) is 27.0 Å². The number of thioether (sulfide) groups is 1. The van der Waals surface area contributed by atoms with Gasteiger partial charge in [0.15, 0.2) is 0 Å². The highest BCUT2D eigenvalue weighted by Gasteiger charge is 2.36. The maximum atomic E-state index is 13.5. The van der Waals surface area contributed by atoms with Crippen LogP contribution < -0.4 is 16.0 Å². The molecule has 41 heavy (non-hydrogen) atoms. The standard InChI is InChI=1S/C29H21Cl2F3N4O2S/c1-16-25(27(40)37-18-12-10-17(30)11-13-18)26(19-6-2-4-8-22(19)31)20(14-35)28(36-16)41-15-24(39)38-23-9-5-3-7-21(23)29(32,33)34/h2-13,26,36H,15H2,1H3,(H,37,40)(H,38,39)/t26-/m0/s1. The van der Waals surface area contributed by atoms with E-state index in [1.165, 1.54) is 12.1 Å². The second-order valence-corrected chi connectivity index (χ2v) is 10.6. The molecule has 210 valence electrons. The molecule has 2 amide bonds. The van der Waals surface area contributed by atoms with Gasteiger partial charge in [-0.1, -0.05) is 65.3 Å². The van der Waals surface area contributed by atoms with Crippen molar-refractivity contribution in [2.24, 2.45) is 0 Å². The van der Waals surface area contributed by atoms with E-state index in [-0.39, 0.29) is 27.6 Å². The van der Waals surface area contributed by atoms with Gasteiger partial charge in [0.1, 0.15) is 0 Å². The molecule has 0 bridgehead atoms. The highest BCUT2D eigenvalue weighted by Crippen LogP contribution is 2.43. The predicted octanol–water partition coefficient (Wildman–Crippen LogP) is 7.72. The fourth-order valence-corrected chi connectivity index (χ4v) is 5.51. The molecule has 0 fully saturated rings. The van der Waals surface area contributed by atoms with E-state index in [9.17, 15) is 28.0 Å². The molecule has 0 aliphatic carbocycles. The SMILES string of the molecule is CC1=C(C(=O)Nc2ccc(Cl)cc2)[C@@H](c2ccccc2Cl)C(C#N)=C(SCC(=O)Nc2ccccc2C(F)(F)F)N1. The third kappa shape index (κ3) is 7.06. The largest absolute Gasteiger partial charge is 0.418 e. The number of dihydropyridines is 1. The molecule has 0 saturated heterocycles. The molecule has 12 heteroatoms. The van der Waals surface area contributed by atoms with Crippen molar-refractivity contribution in [3.8, 4) is 6.07 Å². The van der Waals surface area contributed by atoms with Gasteiger partial charge >= 0.3 is 6.18 Å². The number of anilines is 2. The molecular weight excluding hydrogens is 596 g/mol. The molecule has 3 aromatic rings. The normalized spacial score (nSPS) is 15.2. The Hall–Kier alpha value is -3.91. The minimum absolute atomic E-state index is 0.124. The molecule has 1 atom stereocenters. The van der Waals surface area contributed by atoms with Crippen LogP contribution in [-0.2, 0) is 15.8 Å². The summed E-state index contributed by atoms with van der Waals surface area (Å²) in [5.41, 5.74) is 0.398. The molecule has 0 radical (unpaired) electrons. The Bertz CT molecular complexity index is 1600. The lowest BCUT2D eigenvalue weighted by Crippen LogP contribution is -2.31. The Morgan fingerprint density at radius 1 is 1.00 bits per heavy atom. The average Bonchev–Trinajstić information content (AvgIpc) is 2.92. The number of amides is 2. The van der Waals surface area contributed by atoms with Crippen molar-refractivity contribution >= 4 is 58.2 Å². The zero-order valence-corrected chi connectivity index (χ0v) is 23.6. The van der Waals surface area contributed by atoms with Gasteiger partial charge in [-0.05, 0) is 55.0 Å². The summed E-state index contributed by atoms with van der Waals surface area (Å²) in [5.74, 6) is -2.39. The first-order chi connectivity index (χ1) is 19.5. The molecule has 0 aromatic heterocycles. The number of carbonyl (C=O) groups excluding carboxylic acids is 2. The van der Waals surface area contributed by atoms with Crippen molar-refractivity contribution in [1.82, 2.24) is 5.32 Å². The van der Waals surface area contributed by atoms with Crippen LogP contribution >= 0.6 is 35.0 Å². The van der Waals surface area contributed by atoms with Crippen molar-refractivity contribution in [2.75, 3.05) is 16.4 Å². The third-order valence-corrected chi connectivity index (χ3v) is 7.68. The summed E-state index contributed by atoms with van der Waals surface area (Å²) in [6, 6.07) is 20.1. The molecule has 6 nitrogen and oxygen atoms in total. The molecule has 1 aliphatic rings. The molecule has 3 N–H and O–H groups in total. The topological polar surface area (TPSA) is 94.0 Å². The number of nitriles is 1. The van der Waals surface area contributed by atoms with Gasteiger partial charge in [-0.15, -0.1) is 0 Å². The van der Waals surface area contributed by atoms with Crippen LogP contribution in [0.2, 0.25) is 10.0 Å². The summed E-state index contributed by atoms with van der Waals surface area (Å²) in [7, 11) is 0. The first kappa shape index (κ1) is 30.1. The number of allylic oxidation sites excluding steroid dienone is 2. The molecule has 1 aliphatic heterocycles. The van der Waals surface area contributed by atoms with Crippen molar-refractivity contribution in [2.45, 2.75) is 19.0 Å². The van der Waals surface area contributed by atoms with Gasteiger partial charge in [0.05, 0.1) is 39.6 Å². The summed E-state index contributed by atoms with van der Waals surface area (Å²) in [5, 5.41) is 19.4. The number of para-hydroxylation sites is 1. The smallest absolute Gasteiger partial charge is 0.353 e. The molecule has 0 spiro atoms. The first-order valence-electron chi connectivity index (χ1n) is 12.0. The van der Waals surface area contributed by atoms with Crippen LogP contribution in [-0.4, -0.2) is 17.6 Å². The van der Waals surface area contributed by atoms with Crippen molar-refractivity contribution < 1.29 is 22.8 Å². The molecule has 4 rings (SSSR count). The molecule has 1 heterocycles. The minimum atomic E-state index is -4.65. The summed E-state index contributed by atoms with van der Waals surface area (Å²) >= 11 is 13.4. The van der Waals surface area contributed by atoms with Crippen LogP contribution in [0.5, 0.6) is 0 Å². The lowest BCUT2D eigenvalue weighted by molar-refractivity contribution is -0.137. The van der Waals surface area contributed by atoms with Crippen LogP contribution in [0.1, 0.15) is 24.0 Å². The van der Waals surface area contributed by atoms with Crippen LogP contribution in [0.4, 0.5) is 24.5 Å². The monoisotopic (exact) mass is 616 g/mol. The van der Waals surface area contributed by atoms with Gasteiger partial charge < -0.3 is 16.0 Å². The van der Waals surface area contributed by atoms with E-state index in [1.54, 1.807) is 55.5 Å². The first-order valence-corrected chi connectivity index (χ1v) is 13.8. The fraction of sp³-hybridized carbons (Fsp3) is 0.138. The molecule has 3 aromatic carbocycles. The maximum Gasteiger partial charge on any atom is 0.418 e.